The molecule has 0 atom stereocenters. The molecule has 2 aromatic rings. The molecule has 5 heteroatoms. The minimum absolute atomic E-state index is 0.124. The monoisotopic (exact) mass is 287 g/mol. The lowest BCUT2D eigenvalue weighted by atomic mass is 9.93. The predicted octanol–water partition coefficient (Wildman–Crippen LogP) is 3.47. The number of nitrogens with one attached hydrogen (secondary N) is 1. The van der Waals surface area contributed by atoms with Crippen molar-refractivity contribution in [2.75, 3.05) is 5.32 Å². The van der Waals surface area contributed by atoms with Gasteiger partial charge in [0.2, 0.25) is 0 Å². The molecule has 1 heterocycles. The molecule has 0 aliphatic carbocycles. The molecule has 0 aliphatic rings. The number of anilines is 1. The molecule has 2 rings (SSSR count). The van der Waals surface area contributed by atoms with Gasteiger partial charge in [-0.25, -0.2) is 9.37 Å². The van der Waals surface area contributed by atoms with Crippen LogP contribution in [0.5, 0.6) is 0 Å². The van der Waals surface area contributed by atoms with Crippen molar-refractivity contribution in [2.24, 2.45) is 0 Å². The van der Waals surface area contributed by atoms with Crippen molar-refractivity contribution in [1.82, 2.24) is 9.97 Å². The Bertz CT molecular complexity index is 660. The number of carbonyl (C=O) groups is 1. The van der Waals surface area contributed by atoms with Crippen LogP contribution in [0.2, 0.25) is 0 Å². The number of halogens is 1. The molecule has 110 valence electrons. The molecule has 0 radical (unpaired) electrons. The lowest BCUT2D eigenvalue weighted by molar-refractivity contribution is 0.102. The fourth-order valence-electron chi connectivity index (χ4n) is 1.75. The van der Waals surface area contributed by atoms with Crippen LogP contribution in [0.15, 0.2) is 30.6 Å². The second kappa shape index (κ2) is 5.60. The van der Waals surface area contributed by atoms with Gasteiger partial charge < -0.3 is 5.32 Å². The summed E-state index contributed by atoms with van der Waals surface area (Å²) in [5.74, 6) is -0.804. The number of carbonyl (C=O) groups excluding carboxylic acids is 1. The van der Waals surface area contributed by atoms with Crippen LogP contribution in [0, 0.1) is 12.7 Å². The van der Waals surface area contributed by atoms with Gasteiger partial charge in [0.25, 0.3) is 5.91 Å². The number of aromatic nitrogens is 2. The van der Waals surface area contributed by atoms with Crippen molar-refractivity contribution in [3.63, 3.8) is 0 Å². The van der Waals surface area contributed by atoms with E-state index in [0.29, 0.717) is 5.69 Å². The Balaban J connectivity index is 2.19. The predicted molar refractivity (Wildman–Crippen MR) is 79.8 cm³/mol. The minimum Gasteiger partial charge on any atom is -0.320 e. The smallest absolute Gasteiger partial charge is 0.275 e. The number of rotatable bonds is 2. The van der Waals surface area contributed by atoms with E-state index in [1.165, 1.54) is 18.3 Å². The fraction of sp³-hybridized carbons (Fsp3) is 0.312. The van der Waals surface area contributed by atoms with Crippen molar-refractivity contribution in [2.45, 2.75) is 33.1 Å². The second-order valence-corrected chi connectivity index (χ2v) is 5.95. The minimum atomic E-state index is -0.406. The van der Waals surface area contributed by atoms with Crippen molar-refractivity contribution in [1.29, 1.82) is 0 Å². The summed E-state index contributed by atoms with van der Waals surface area (Å²) in [7, 11) is 0. The number of aryl methyl sites for hydroxylation is 1. The van der Waals surface area contributed by atoms with Gasteiger partial charge in [0, 0.05) is 17.3 Å². The van der Waals surface area contributed by atoms with Gasteiger partial charge in [-0.1, -0.05) is 26.8 Å². The Morgan fingerprint density at radius 3 is 2.48 bits per heavy atom. The molecule has 0 saturated heterocycles. The highest BCUT2D eigenvalue weighted by molar-refractivity contribution is 6.03. The third kappa shape index (κ3) is 3.62. The van der Waals surface area contributed by atoms with E-state index < -0.39 is 11.7 Å². The van der Waals surface area contributed by atoms with E-state index in [1.54, 1.807) is 19.2 Å². The highest BCUT2D eigenvalue weighted by atomic mass is 19.1. The Hall–Kier alpha value is -2.30. The van der Waals surface area contributed by atoms with E-state index in [1.807, 2.05) is 20.8 Å². The zero-order chi connectivity index (χ0) is 15.6. The molecule has 1 aromatic carbocycles. The largest absolute Gasteiger partial charge is 0.320 e. The summed E-state index contributed by atoms with van der Waals surface area (Å²) in [5, 5.41) is 2.64. The Morgan fingerprint density at radius 2 is 1.90 bits per heavy atom. The molecule has 0 bridgehead atoms. The first-order chi connectivity index (χ1) is 9.77. The number of amides is 1. The summed E-state index contributed by atoms with van der Waals surface area (Å²) < 4.78 is 13.2. The third-order valence-corrected chi connectivity index (χ3v) is 3.10. The topological polar surface area (TPSA) is 54.9 Å². The molecule has 0 saturated carbocycles. The highest BCUT2D eigenvalue weighted by Gasteiger charge is 2.17. The maximum atomic E-state index is 13.2. The number of hydrogen-bond acceptors (Lipinski definition) is 3. The van der Waals surface area contributed by atoms with Gasteiger partial charge in [-0.2, -0.15) is 0 Å². The standard InChI is InChI=1S/C16H18FN3O/c1-10-5-6-11(17)7-12(10)20-15(21)13-8-19-14(9-18-13)16(2,3)4/h5-9H,1-4H3,(H,20,21). The zero-order valence-corrected chi connectivity index (χ0v) is 12.6. The van der Waals surface area contributed by atoms with Crippen molar-refractivity contribution < 1.29 is 9.18 Å². The summed E-state index contributed by atoms with van der Waals surface area (Å²) in [6, 6.07) is 4.24. The molecule has 21 heavy (non-hydrogen) atoms. The van der Waals surface area contributed by atoms with Crippen LogP contribution in [-0.4, -0.2) is 15.9 Å². The van der Waals surface area contributed by atoms with Crippen LogP contribution >= 0.6 is 0 Å². The van der Waals surface area contributed by atoms with Crippen LogP contribution in [0.3, 0.4) is 0 Å². The average molecular weight is 287 g/mol. The SMILES string of the molecule is Cc1ccc(F)cc1NC(=O)c1cnc(C(C)(C)C)cn1. The quantitative estimate of drug-likeness (QED) is 0.920. The summed E-state index contributed by atoms with van der Waals surface area (Å²) in [4.78, 5) is 20.5. The van der Waals surface area contributed by atoms with Gasteiger partial charge in [0.05, 0.1) is 11.9 Å². The van der Waals surface area contributed by atoms with Crippen LogP contribution in [0.1, 0.15) is 42.5 Å². The zero-order valence-electron chi connectivity index (χ0n) is 12.6. The van der Waals surface area contributed by atoms with Gasteiger partial charge in [-0.3, -0.25) is 9.78 Å². The van der Waals surface area contributed by atoms with E-state index in [-0.39, 0.29) is 11.1 Å². The highest BCUT2D eigenvalue weighted by Crippen LogP contribution is 2.19. The number of benzene rings is 1. The summed E-state index contributed by atoms with van der Waals surface area (Å²) in [5.41, 5.74) is 2.10. The lowest BCUT2D eigenvalue weighted by Gasteiger charge is -2.16. The average Bonchev–Trinajstić information content (AvgIpc) is 2.42. The van der Waals surface area contributed by atoms with Gasteiger partial charge in [-0.15, -0.1) is 0 Å². The number of hydrogen-bond donors (Lipinski definition) is 1. The molecule has 4 nitrogen and oxygen atoms in total. The van der Waals surface area contributed by atoms with E-state index in [4.69, 9.17) is 0 Å². The summed E-state index contributed by atoms with van der Waals surface area (Å²) in [6.07, 6.45) is 3.03. The molecule has 0 aliphatic heterocycles. The second-order valence-electron chi connectivity index (χ2n) is 5.95. The third-order valence-electron chi connectivity index (χ3n) is 3.10. The Kier molecular flexibility index (Phi) is 4.02. The molecule has 0 unspecified atom stereocenters. The van der Waals surface area contributed by atoms with Crippen LogP contribution in [0.4, 0.5) is 10.1 Å². The van der Waals surface area contributed by atoms with Gasteiger partial charge in [-0.05, 0) is 24.6 Å². The molecule has 0 fully saturated rings. The van der Waals surface area contributed by atoms with Crippen LogP contribution in [0.25, 0.3) is 0 Å². The van der Waals surface area contributed by atoms with E-state index in [9.17, 15) is 9.18 Å². The summed E-state index contributed by atoms with van der Waals surface area (Å²) >= 11 is 0. The van der Waals surface area contributed by atoms with E-state index in [0.717, 1.165) is 11.3 Å². The normalized spacial score (nSPS) is 11.3. The van der Waals surface area contributed by atoms with Crippen molar-refractivity contribution in [3.05, 3.63) is 53.4 Å². The molecular weight excluding hydrogens is 269 g/mol. The Labute approximate surface area is 123 Å². The lowest BCUT2D eigenvalue weighted by Crippen LogP contribution is -2.18. The van der Waals surface area contributed by atoms with Crippen LogP contribution < -0.4 is 5.32 Å². The summed E-state index contributed by atoms with van der Waals surface area (Å²) in [6.45, 7) is 7.86. The van der Waals surface area contributed by atoms with Crippen LogP contribution in [-0.2, 0) is 5.41 Å². The van der Waals surface area contributed by atoms with Crippen molar-refractivity contribution in [3.8, 4) is 0 Å². The first-order valence-electron chi connectivity index (χ1n) is 6.67. The van der Waals surface area contributed by atoms with E-state index >= 15 is 0 Å². The first-order valence-corrected chi connectivity index (χ1v) is 6.67. The molecule has 1 aromatic heterocycles. The molecule has 1 N–H and O–H groups in total. The Morgan fingerprint density at radius 1 is 1.19 bits per heavy atom. The van der Waals surface area contributed by atoms with E-state index in [2.05, 4.69) is 15.3 Å². The molecule has 1 amide bonds. The van der Waals surface area contributed by atoms with Gasteiger partial charge in [0.1, 0.15) is 11.5 Å². The molecular formula is C16H18FN3O. The maximum Gasteiger partial charge on any atom is 0.275 e. The van der Waals surface area contributed by atoms with Gasteiger partial charge >= 0.3 is 0 Å². The number of nitrogens with zero attached hydrogens (tertiary/aromatic N) is 2. The van der Waals surface area contributed by atoms with Crippen molar-refractivity contribution >= 4 is 11.6 Å². The van der Waals surface area contributed by atoms with Gasteiger partial charge in [0.15, 0.2) is 0 Å². The fourth-order valence-corrected chi connectivity index (χ4v) is 1.75. The maximum absolute atomic E-state index is 13.2. The molecule has 0 spiro atoms. The first kappa shape index (κ1) is 15.1.